The highest BCUT2D eigenvalue weighted by atomic mass is 127. The highest BCUT2D eigenvalue weighted by Crippen LogP contribution is 2.11. The smallest absolute Gasteiger partial charge is 0.410 e. The predicted octanol–water partition coefficient (Wildman–Crippen LogP) is 1.42. The number of amides is 1. The number of nitrogens with two attached hydrogens (primary N) is 1. The minimum absolute atomic E-state index is 0. The van der Waals surface area contributed by atoms with Crippen molar-refractivity contribution in [3.8, 4) is 0 Å². The van der Waals surface area contributed by atoms with Gasteiger partial charge in [0.25, 0.3) is 0 Å². The Morgan fingerprint density at radius 1 is 1.17 bits per heavy atom. The standard InChI is InChI=1S/C15H31N5O2.HI/c1-15(2,3)22-14(21)20-11-9-19(10-12-20)13(16)17-7-6-8-18(4)5;/h6-12H2,1-5H3,(H2,16,17);1H. The van der Waals surface area contributed by atoms with E-state index in [9.17, 15) is 4.79 Å². The van der Waals surface area contributed by atoms with E-state index in [0.29, 0.717) is 32.1 Å². The summed E-state index contributed by atoms with van der Waals surface area (Å²) in [6.07, 6.45) is 0.736. The molecule has 0 spiro atoms. The summed E-state index contributed by atoms with van der Waals surface area (Å²) in [7, 11) is 4.09. The average Bonchev–Trinajstić information content (AvgIpc) is 2.41. The van der Waals surface area contributed by atoms with Crippen LogP contribution in [-0.2, 0) is 4.74 Å². The van der Waals surface area contributed by atoms with Crippen LogP contribution in [0.4, 0.5) is 4.79 Å². The summed E-state index contributed by atoms with van der Waals surface area (Å²) in [4.78, 5) is 22.3. The molecule has 0 unspecified atom stereocenters. The molecular formula is C15H32IN5O2. The third kappa shape index (κ3) is 9.19. The van der Waals surface area contributed by atoms with Crippen LogP contribution >= 0.6 is 24.0 Å². The Balaban J connectivity index is 0.00000484. The quantitative estimate of drug-likeness (QED) is 0.309. The topological polar surface area (TPSA) is 74.4 Å². The minimum Gasteiger partial charge on any atom is -0.444 e. The molecule has 1 saturated heterocycles. The molecule has 136 valence electrons. The van der Waals surface area contributed by atoms with Crippen molar-refractivity contribution in [1.29, 1.82) is 0 Å². The molecule has 0 aromatic rings. The van der Waals surface area contributed by atoms with Crippen LogP contribution in [0.1, 0.15) is 27.2 Å². The predicted molar refractivity (Wildman–Crippen MR) is 104 cm³/mol. The molecule has 23 heavy (non-hydrogen) atoms. The van der Waals surface area contributed by atoms with Gasteiger partial charge < -0.3 is 25.2 Å². The van der Waals surface area contributed by atoms with Crippen molar-refractivity contribution in [2.24, 2.45) is 10.7 Å². The van der Waals surface area contributed by atoms with Gasteiger partial charge in [0.2, 0.25) is 0 Å². The number of halogens is 1. The first-order chi connectivity index (χ1) is 10.2. The van der Waals surface area contributed by atoms with Crippen molar-refractivity contribution < 1.29 is 9.53 Å². The second kappa shape index (κ2) is 10.2. The lowest BCUT2D eigenvalue weighted by Gasteiger charge is -2.36. The Morgan fingerprint density at radius 2 is 1.70 bits per heavy atom. The zero-order valence-corrected chi connectivity index (χ0v) is 17.4. The van der Waals surface area contributed by atoms with Crippen LogP contribution in [0.3, 0.4) is 0 Å². The lowest BCUT2D eigenvalue weighted by Crippen LogP contribution is -2.53. The van der Waals surface area contributed by atoms with Gasteiger partial charge in [-0.15, -0.1) is 24.0 Å². The van der Waals surface area contributed by atoms with E-state index in [4.69, 9.17) is 10.5 Å². The van der Waals surface area contributed by atoms with E-state index in [-0.39, 0.29) is 30.1 Å². The molecule has 2 N–H and O–H groups in total. The van der Waals surface area contributed by atoms with Gasteiger partial charge in [-0.1, -0.05) is 0 Å². The second-order valence-corrected chi connectivity index (χ2v) is 6.85. The number of carbonyl (C=O) groups is 1. The molecule has 0 atom stereocenters. The molecule has 0 aliphatic carbocycles. The first-order valence-electron chi connectivity index (χ1n) is 7.86. The van der Waals surface area contributed by atoms with Crippen molar-refractivity contribution in [1.82, 2.24) is 14.7 Å². The molecule has 0 radical (unpaired) electrons. The highest BCUT2D eigenvalue weighted by Gasteiger charge is 2.26. The first kappa shape index (κ1) is 22.2. The van der Waals surface area contributed by atoms with Gasteiger partial charge in [-0.3, -0.25) is 4.99 Å². The lowest BCUT2D eigenvalue weighted by molar-refractivity contribution is 0.0186. The molecule has 1 rings (SSSR count). The van der Waals surface area contributed by atoms with E-state index >= 15 is 0 Å². The van der Waals surface area contributed by atoms with Crippen molar-refractivity contribution in [3.63, 3.8) is 0 Å². The first-order valence-corrected chi connectivity index (χ1v) is 7.86. The maximum Gasteiger partial charge on any atom is 0.410 e. The van der Waals surface area contributed by atoms with E-state index in [0.717, 1.165) is 19.5 Å². The molecular weight excluding hydrogens is 409 g/mol. The van der Waals surface area contributed by atoms with E-state index < -0.39 is 5.60 Å². The summed E-state index contributed by atoms with van der Waals surface area (Å²) < 4.78 is 5.38. The molecule has 1 aliphatic heterocycles. The summed E-state index contributed by atoms with van der Waals surface area (Å²) in [5, 5.41) is 0. The lowest BCUT2D eigenvalue weighted by atomic mass is 10.2. The zero-order chi connectivity index (χ0) is 16.8. The fourth-order valence-electron chi connectivity index (χ4n) is 2.13. The summed E-state index contributed by atoms with van der Waals surface area (Å²) in [6, 6.07) is 0. The summed E-state index contributed by atoms with van der Waals surface area (Å²) >= 11 is 0. The molecule has 1 heterocycles. The Kier molecular flexibility index (Phi) is 9.83. The number of ether oxygens (including phenoxy) is 1. The number of hydrogen-bond acceptors (Lipinski definition) is 4. The average molecular weight is 441 g/mol. The third-order valence-corrected chi connectivity index (χ3v) is 3.29. The van der Waals surface area contributed by atoms with Crippen LogP contribution < -0.4 is 5.73 Å². The zero-order valence-electron chi connectivity index (χ0n) is 15.0. The van der Waals surface area contributed by atoms with Gasteiger partial charge in [-0.25, -0.2) is 4.79 Å². The molecule has 0 bridgehead atoms. The Bertz CT molecular complexity index is 388. The fourth-order valence-corrected chi connectivity index (χ4v) is 2.13. The van der Waals surface area contributed by atoms with Crippen molar-refractivity contribution >= 4 is 36.0 Å². The van der Waals surface area contributed by atoms with Crippen molar-refractivity contribution in [2.75, 3.05) is 53.4 Å². The number of carbonyl (C=O) groups excluding carboxylic acids is 1. The monoisotopic (exact) mass is 441 g/mol. The Labute approximate surface area is 157 Å². The van der Waals surface area contributed by atoms with E-state index in [1.165, 1.54) is 0 Å². The largest absolute Gasteiger partial charge is 0.444 e. The van der Waals surface area contributed by atoms with Gasteiger partial charge in [0.1, 0.15) is 5.60 Å². The Hall–Kier alpha value is -0.770. The van der Waals surface area contributed by atoms with Crippen LogP contribution in [0, 0.1) is 0 Å². The SMILES string of the molecule is CN(C)CCCN=C(N)N1CCN(C(=O)OC(C)(C)C)CC1.I. The number of hydrogen-bond donors (Lipinski definition) is 1. The molecule has 1 amide bonds. The molecule has 1 fully saturated rings. The maximum absolute atomic E-state index is 12.0. The molecule has 0 aromatic heterocycles. The van der Waals surface area contributed by atoms with Gasteiger partial charge in [0.05, 0.1) is 0 Å². The summed E-state index contributed by atoms with van der Waals surface area (Å²) in [5.74, 6) is 0.572. The number of piperazine rings is 1. The molecule has 7 nitrogen and oxygen atoms in total. The van der Waals surface area contributed by atoms with Crippen LogP contribution in [0.25, 0.3) is 0 Å². The third-order valence-electron chi connectivity index (χ3n) is 3.29. The fraction of sp³-hybridized carbons (Fsp3) is 0.867. The summed E-state index contributed by atoms with van der Waals surface area (Å²) in [5.41, 5.74) is 5.56. The van der Waals surface area contributed by atoms with Crippen molar-refractivity contribution in [2.45, 2.75) is 32.8 Å². The van der Waals surface area contributed by atoms with Gasteiger partial charge in [0.15, 0.2) is 5.96 Å². The van der Waals surface area contributed by atoms with E-state index in [2.05, 4.69) is 9.89 Å². The van der Waals surface area contributed by atoms with Crippen LogP contribution in [-0.4, -0.2) is 85.7 Å². The van der Waals surface area contributed by atoms with E-state index in [1.54, 1.807) is 4.90 Å². The number of aliphatic imine (C=N–C) groups is 1. The number of guanidine groups is 1. The minimum atomic E-state index is -0.457. The van der Waals surface area contributed by atoms with Gasteiger partial charge in [-0.05, 0) is 47.8 Å². The number of rotatable bonds is 4. The van der Waals surface area contributed by atoms with Crippen molar-refractivity contribution in [3.05, 3.63) is 0 Å². The van der Waals surface area contributed by atoms with Gasteiger partial charge >= 0.3 is 6.09 Å². The normalized spacial score (nSPS) is 16.3. The van der Waals surface area contributed by atoms with Crippen LogP contribution in [0.15, 0.2) is 4.99 Å². The van der Waals surface area contributed by atoms with Crippen LogP contribution in [0.2, 0.25) is 0 Å². The van der Waals surface area contributed by atoms with E-state index in [1.807, 2.05) is 39.8 Å². The van der Waals surface area contributed by atoms with Gasteiger partial charge in [0, 0.05) is 32.7 Å². The maximum atomic E-state index is 12.0. The molecule has 8 heteroatoms. The molecule has 0 aromatic carbocycles. The molecule has 0 saturated carbocycles. The Morgan fingerprint density at radius 3 is 2.17 bits per heavy atom. The van der Waals surface area contributed by atoms with Crippen LogP contribution in [0.5, 0.6) is 0 Å². The van der Waals surface area contributed by atoms with Gasteiger partial charge in [-0.2, -0.15) is 0 Å². The molecule has 1 aliphatic rings. The highest BCUT2D eigenvalue weighted by molar-refractivity contribution is 14.0. The summed E-state index contributed by atoms with van der Waals surface area (Å²) in [6.45, 7) is 9.98. The second-order valence-electron chi connectivity index (χ2n) is 6.85. The number of nitrogens with zero attached hydrogens (tertiary/aromatic N) is 4.